The van der Waals surface area contributed by atoms with Gasteiger partial charge in [-0.15, -0.1) is 0 Å². The second-order valence-electron chi connectivity index (χ2n) is 3.47. The molecule has 0 radical (unpaired) electrons. The molecule has 2 N–H and O–H groups in total. The molecule has 0 aliphatic heterocycles. The number of carboxylic acids is 1. The largest absolute Gasteiger partial charge is 0.480 e. The van der Waals surface area contributed by atoms with E-state index in [1.165, 1.54) is 6.20 Å². The van der Waals surface area contributed by atoms with Gasteiger partial charge in [0.1, 0.15) is 6.04 Å². The number of carbonyl (C=O) groups is 2. The highest BCUT2D eigenvalue weighted by atomic mass is 32.1. The number of rotatable bonds is 5. The van der Waals surface area contributed by atoms with Gasteiger partial charge in [-0.3, -0.25) is 4.79 Å². The smallest absolute Gasteiger partial charge is 0.326 e. The lowest BCUT2D eigenvalue weighted by Crippen LogP contribution is -2.45. The molecular weight excluding hydrogens is 230 g/mol. The predicted octanol–water partition coefficient (Wildman–Crippen LogP) is 0.767. The SMILES string of the molecule is CCC(C)C(NC(=O)c1cnsn1)C(=O)O. The monoisotopic (exact) mass is 243 g/mol. The second-order valence-corrected chi connectivity index (χ2v) is 4.02. The Kier molecular flexibility index (Phi) is 4.36. The van der Waals surface area contributed by atoms with E-state index >= 15 is 0 Å². The number of nitrogens with zero attached hydrogens (tertiary/aromatic N) is 2. The van der Waals surface area contributed by atoms with E-state index in [4.69, 9.17) is 5.11 Å². The van der Waals surface area contributed by atoms with Crippen molar-refractivity contribution in [3.63, 3.8) is 0 Å². The van der Waals surface area contributed by atoms with Crippen molar-refractivity contribution < 1.29 is 14.7 Å². The molecule has 88 valence electrons. The van der Waals surface area contributed by atoms with Gasteiger partial charge in [-0.2, -0.15) is 8.75 Å². The normalized spacial score (nSPS) is 14.1. The van der Waals surface area contributed by atoms with Crippen LogP contribution in [0.1, 0.15) is 30.8 Å². The van der Waals surface area contributed by atoms with Gasteiger partial charge in [-0.05, 0) is 5.92 Å². The zero-order chi connectivity index (χ0) is 12.1. The van der Waals surface area contributed by atoms with E-state index in [2.05, 4.69) is 14.1 Å². The lowest BCUT2D eigenvalue weighted by Gasteiger charge is -2.19. The molecule has 2 atom stereocenters. The minimum absolute atomic E-state index is 0.131. The maximum Gasteiger partial charge on any atom is 0.326 e. The second kappa shape index (κ2) is 5.55. The minimum Gasteiger partial charge on any atom is -0.480 e. The number of hydrogen-bond donors (Lipinski definition) is 2. The average Bonchev–Trinajstić information content (AvgIpc) is 2.77. The van der Waals surface area contributed by atoms with Crippen LogP contribution < -0.4 is 5.32 Å². The molecule has 0 saturated heterocycles. The Morgan fingerprint density at radius 3 is 2.75 bits per heavy atom. The van der Waals surface area contributed by atoms with Crippen molar-refractivity contribution in [1.82, 2.24) is 14.1 Å². The molecule has 7 heteroatoms. The van der Waals surface area contributed by atoms with E-state index in [0.29, 0.717) is 6.42 Å². The van der Waals surface area contributed by atoms with Crippen molar-refractivity contribution in [3.05, 3.63) is 11.9 Å². The summed E-state index contributed by atoms with van der Waals surface area (Å²) in [5, 5.41) is 11.4. The van der Waals surface area contributed by atoms with Crippen LogP contribution >= 0.6 is 11.7 Å². The standard InChI is InChI=1S/C9H13N3O3S/c1-3-5(2)7(9(14)15)11-8(13)6-4-10-16-12-6/h4-5,7H,3H2,1-2H3,(H,11,13)(H,14,15). The molecule has 0 aliphatic carbocycles. The fraction of sp³-hybridized carbons (Fsp3) is 0.556. The lowest BCUT2D eigenvalue weighted by molar-refractivity contribution is -0.140. The molecule has 0 aromatic carbocycles. The first kappa shape index (κ1) is 12.6. The van der Waals surface area contributed by atoms with Gasteiger partial charge in [0, 0.05) is 0 Å². The number of aromatic nitrogens is 2. The molecular formula is C9H13N3O3S. The summed E-state index contributed by atoms with van der Waals surface area (Å²) in [6.45, 7) is 3.65. The van der Waals surface area contributed by atoms with Crippen LogP contribution in [0.25, 0.3) is 0 Å². The summed E-state index contributed by atoms with van der Waals surface area (Å²) >= 11 is 0.909. The Morgan fingerprint density at radius 2 is 2.31 bits per heavy atom. The van der Waals surface area contributed by atoms with Crippen LogP contribution in [-0.4, -0.2) is 31.8 Å². The van der Waals surface area contributed by atoms with Crippen molar-refractivity contribution in [2.24, 2.45) is 5.92 Å². The Hall–Kier alpha value is -1.50. The van der Waals surface area contributed by atoms with Crippen molar-refractivity contribution in [2.45, 2.75) is 26.3 Å². The number of hydrogen-bond acceptors (Lipinski definition) is 5. The van der Waals surface area contributed by atoms with Crippen LogP contribution in [0.3, 0.4) is 0 Å². The molecule has 1 heterocycles. The van der Waals surface area contributed by atoms with Gasteiger partial charge in [0.2, 0.25) is 0 Å². The first-order valence-corrected chi connectivity index (χ1v) is 5.60. The summed E-state index contributed by atoms with van der Waals surface area (Å²) in [5.74, 6) is -1.67. The fourth-order valence-corrected chi connectivity index (χ4v) is 1.58. The minimum atomic E-state index is -1.04. The lowest BCUT2D eigenvalue weighted by atomic mass is 9.99. The Balaban J connectivity index is 2.69. The van der Waals surface area contributed by atoms with Crippen LogP contribution in [0.4, 0.5) is 0 Å². The van der Waals surface area contributed by atoms with Crippen LogP contribution in [0, 0.1) is 5.92 Å². The van der Waals surface area contributed by atoms with Crippen molar-refractivity contribution in [2.75, 3.05) is 0 Å². The van der Waals surface area contributed by atoms with Gasteiger partial charge in [0.05, 0.1) is 17.9 Å². The van der Waals surface area contributed by atoms with E-state index in [0.717, 1.165) is 11.7 Å². The first-order chi connectivity index (χ1) is 7.56. The predicted molar refractivity (Wildman–Crippen MR) is 58.3 cm³/mol. The third-order valence-corrected chi connectivity index (χ3v) is 2.84. The van der Waals surface area contributed by atoms with Gasteiger partial charge >= 0.3 is 5.97 Å². The maximum atomic E-state index is 11.6. The summed E-state index contributed by atoms with van der Waals surface area (Å²) < 4.78 is 7.42. The number of carboxylic acid groups (broad SMARTS) is 1. The summed E-state index contributed by atoms with van der Waals surface area (Å²) in [6, 6.07) is -0.890. The molecule has 1 aromatic rings. The van der Waals surface area contributed by atoms with Gasteiger partial charge in [0.25, 0.3) is 5.91 Å². The molecule has 0 bridgehead atoms. The van der Waals surface area contributed by atoms with Gasteiger partial charge in [-0.25, -0.2) is 4.79 Å². The van der Waals surface area contributed by atoms with Crippen LogP contribution in [0.15, 0.2) is 6.20 Å². The molecule has 1 aromatic heterocycles. The summed E-state index contributed by atoms with van der Waals surface area (Å²) in [7, 11) is 0. The van der Waals surface area contributed by atoms with Crippen molar-refractivity contribution in [3.8, 4) is 0 Å². The Morgan fingerprint density at radius 1 is 1.62 bits per heavy atom. The molecule has 6 nitrogen and oxygen atoms in total. The highest BCUT2D eigenvalue weighted by Crippen LogP contribution is 2.08. The van der Waals surface area contributed by atoms with Crippen molar-refractivity contribution in [1.29, 1.82) is 0 Å². The van der Waals surface area contributed by atoms with Crippen molar-refractivity contribution >= 4 is 23.6 Å². The molecule has 0 fully saturated rings. The van der Waals surface area contributed by atoms with Gasteiger partial charge in [-0.1, -0.05) is 20.3 Å². The summed E-state index contributed by atoms with van der Waals surface area (Å²) in [4.78, 5) is 22.5. The molecule has 2 unspecified atom stereocenters. The number of aliphatic carboxylic acids is 1. The fourth-order valence-electron chi connectivity index (χ4n) is 1.16. The van der Waals surface area contributed by atoms with E-state index in [-0.39, 0.29) is 11.6 Å². The highest BCUT2D eigenvalue weighted by Gasteiger charge is 2.26. The highest BCUT2D eigenvalue weighted by molar-refractivity contribution is 6.99. The van der Waals surface area contributed by atoms with Crippen LogP contribution in [0.2, 0.25) is 0 Å². The average molecular weight is 243 g/mol. The summed E-state index contributed by atoms with van der Waals surface area (Å²) in [5.41, 5.74) is 0.152. The molecule has 0 aliphatic rings. The van der Waals surface area contributed by atoms with E-state index < -0.39 is 17.9 Å². The Labute approximate surface area is 97.0 Å². The maximum absolute atomic E-state index is 11.6. The zero-order valence-electron chi connectivity index (χ0n) is 9.01. The Bertz CT molecular complexity index is 366. The quantitative estimate of drug-likeness (QED) is 0.796. The van der Waals surface area contributed by atoms with E-state index in [1.54, 1.807) is 6.92 Å². The zero-order valence-corrected chi connectivity index (χ0v) is 9.82. The van der Waals surface area contributed by atoms with E-state index in [1.807, 2.05) is 6.92 Å². The number of amides is 1. The third kappa shape index (κ3) is 2.99. The topological polar surface area (TPSA) is 92.2 Å². The van der Waals surface area contributed by atoms with Gasteiger partial charge in [0.15, 0.2) is 5.69 Å². The molecule has 1 amide bonds. The number of nitrogens with one attached hydrogen (secondary N) is 1. The van der Waals surface area contributed by atoms with E-state index in [9.17, 15) is 9.59 Å². The molecule has 16 heavy (non-hydrogen) atoms. The third-order valence-electron chi connectivity index (χ3n) is 2.36. The summed E-state index contributed by atoms with van der Waals surface area (Å²) in [6.07, 6.45) is 1.99. The van der Waals surface area contributed by atoms with Gasteiger partial charge < -0.3 is 10.4 Å². The number of carbonyl (C=O) groups excluding carboxylic acids is 1. The molecule has 0 saturated carbocycles. The molecule has 0 spiro atoms. The van der Waals surface area contributed by atoms with Crippen LogP contribution in [0.5, 0.6) is 0 Å². The first-order valence-electron chi connectivity index (χ1n) is 4.87. The molecule has 1 rings (SSSR count). The van der Waals surface area contributed by atoms with Crippen LogP contribution in [-0.2, 0) is 4.79 Å².